The highest BCUT2D eigenvalue weighted by atomic mass is 32.1. The third-order valence-corrected chi connectivity index (χ3v) is 5.63. The second kappa shape index (κ2) is 7.45. The van der Waals surface area contributed by atoms with Gasteiger partial charge in [0, 0.05) is 16.3 Å². The molecule has 0 saturated heterocycles. The van der Waals surface area contributed by atoms with Crippen LogP contribution in [0.15, 0.2) is 6.07 Å². The van der Waals surface area contributed by atoms with Gasteiger partial charge in [-0.05, 0) is 51.7 Å². The fourth-order valence-corrected chi connectivity index (χ4v) is 4.44. The maximum Gasteiger partial charge on any atom is 0.348 e. The smallest absolute Gasteiger partial charge is 0.348 e. The van der Waals surface area contributed by atoms with Crippen LogP contribution in [0.5, 0.6) is 0 Å². The zero-order chi connectivity index (χ0) is 18.8. The number of hydrogen-bond donors (Lipinski definition) is 1. The molecule has 2 heterocycles. The summed E-state index contributed by atoms with van der Waals surface area (Å²) < 4.78 is 10.2. The van der Waals surface area contributed by atoms with Gasteiger partial charge in [0.2, 0.25) is 5.78 Å². The number of ketones is 1. The first-order valence-electron chi connectivity index (χ1n) is 8.60. The van der Waals surface area contributed by atoms with Gasteiger partial charge in [-0.3, -0.25) is 4.79 Å². The number of H-pyrrole nitrogens is 1. The van der Waals surface area contributed by atoms with Crippen LogP contribution in [-0.4, -0.2) is 35.9 Å². The Hall–Kier alpha value is -2.41. The minimum absolute atomic E-state index is 0.209. The zero-order valence-electron chi connectivity index (χ0n) is 15.1. The van der Waals surface area contributed by atoms with E-state index >= 15 is 0 Å². The fraction of sp³-hybridized carbons (Fsp3) is 0.421. The lowest BCUT2D eigenvalue weighted by atomic mass is 10.1. The third-order valence-electron chi connectivity index (χ3n) is 4.42. The SMILES string of the molecule is CCOC(=O)c1c(C)[nH]c(C)c1C(=O)COC(=O)c1cc2c(s1)CCC2. The molecule has 1 aliphatic carbocycles. The molecule has 138 valence electrons. The Bertz CT molecular complexity index is 855. The van der Waals surface area contributed by atoms with Gasteiger partial charge in [0.25, 0.3) is 0 Å². The van der Waals surface area contributed by atoms with Gasteiger partial charge in [-0.15, -0.1) is 11.3 Å². The van der Waals surface area contributed by atoms with Crippen molar-refractivity contribution in [2.75, 3.05) is 13.2 Å². The summed E-state index contributed by atoms with van der Waals surface area (Å²) in [6.07, 6.45) is 3.11. The molecule has 26 heavy (non-hydrogen) atoms. The Morgan fingerprint density at radius 3 is 2.50 bits per heavy atom. The van der Waals surface area contributed by atoms with E-state index in [-0.39, 0.29) is 17.7 Å². The van der Waals surface area contributed by atoms with Crippen molar-refractivity contribution in [2.45, 2.75) is 40.0 Å². The molecule has 0 unspecified atom stereocenters. The van der Waals surface area contributed by atoms with E-state index in [1.54, 1.807) is 20.8 Å². The molecule has 0 bridgehead atoms. The predicted octanol–water partition coefficient (Wildman–Crippen LogP) is 3.40. The molecule has 7 heteroatoms. The molecule has 0 radical (unpaired) electrons. The van der Waals surface area contributed by atoms with Crippen LogP contribution in [0, 0.1) is 13.8 Å². The topological polar surface area (TPSA) is 85.5 Å². The van der Waals surface area contributed by atoms with Crippen LogP contribution in [0.4, 0.5) is 0 Å². The standard InChI is InChI=1S/C19H21NO5S/c1-4-24-19(23)17-11(3)20-10(2)16(17)13(21)9-25-18(22)15-8-12-6-5-7-14(12)26-15/h8,20H,4-7,9H2,1-3H3. The summed E-state index contributed by atoms with van der Waals surface area (Å²) in [7, 11) is 0. The molecule has 0 spiro atoms. The van der Waals surface area contributed by atoms with Crippen LogP contribution >= 0.6 is 11.3 Å². The summed E-state index contributed by atoms with van der Waals surface area (Å²) in [6.45, 7) is 4.92. The van der Waals surface area contributed by atoms with Gasteiger partial charge in [0.15, 0.2) is 6.61 Å². The van der Waals surface area contributed by atoms with Crippen LogP contribution in [0.1, 0.15) is 65.6 Å². The number of rotatable bonds is 6. The fourth-order valence-electron chi connectivity index (χ4n) is 3.29. The van der Waals surface area contributed by atoms with Crippen molar-refractivity contribution in [3.63, 3.8) is 0 Å². The van der Waals surface area contributed by atoms with Gasteiger partial charge in [-0.1, -0.05) is 0 Å². The Morgan fingerprint density at radius 2 is 1.81 bits per heavy atom. The Morgan fingerprint density at radius 1 is 1.08 bits per heavy atom. The monoisotopic (exact) mass is 375 g/mol. The summed E-state index contributed by atoms with van der Waals surface area (Å²) in [5, 5.41) is 0. The minimum Gasteiger partial charge on any atom is -0.462 e. The van der Waals surface area contributed by atoms with Gasteiger partial charge >= 0.3 is 11.9 Å². The third kappa shape index (κ3) is 3.44. The number of nitrogens with one attached hydrogen (secondary N) is 1. The van der Waals surface area contributed by atoms with Crippen molar-refractivity contribution in [3.05, 3.63) is 43.9 Å². The van der Waals surface area contributed by atoms with Crippen molar-refractivity contribution in [1.82, 2.24) is 4.98 Å². The van der Waals surface area contributed by atoms with Gasteiger partial charge < -0.3 is 14.5 Å². The number of Topliss-reactive ketones (excluding diaryl/α,β-unsaturated/α-hetero) is 1. The van der Waals surface area contributed by atoms with Crippen LogP contribution in [-0.2, 0) is 22.3 Å². The molecular weight excluding hydrogens is 354 g/mol. The molecule has 0 atom stereocenters. The molecule has 0 fully saturated rings. The molecule has 2 aromatic rings. The number of carbonyl (C=O) groups is 3. The Kier molecular flexibility index (Phi) is 5.27. The lowest BCUT2D eigenvalue weighted by Gasteiger charge is -2.06. The summed E-state index contributed by atoms with van der Waals surface area (Å²) in [6, 6.07) is 1.86. The quantitative estimate of drug-likeness (QED) is 0.618. The van der Waals surface area contributed by atoms with E-state index in [4.69, 9.17) is 9.47 Å². The molecule has 3 rings (SSSR count). The van der Waals surface area contributed by atoms with Crippen LogP contribution in [0.3, 0.4) is 0 Å². The van der Waals surface area contributed by atoms with Crippen LogP contribution in [0.2, 0.25) is 0 Å². The number of carbonyl (C=O) groups excluding carboxylic acids is 3. The molecule has 0 amide bonds. The lowest BCUT2D eigenvalue weighted by molar-refractivity contribution is 0.0476. The maximum absolute atomic E-state index is 12.6. The van der Waals surface area contributed by atoms with Gasteiger partial charge in [0.05, 0.1) is 17.7 Å². The average molecular weight is 375 g/mol. The second-order valence-electron chi connectivity index (χ2n) is 6.26. The van der Waals surface area contributed by atoms with Crippen LogP contribution < -0.4 is 0 Å². The van der Waals surface area contributed by atoms with E-state index in [0.29, 0.717) is 16.3 Å². The molecular formula is C19H21NO5S. The number of thiophene rings is 1. The molecule has 1 N–H and O–H groups in total. The molecule has 6 nitrogen and oxygen atoms in total. The first-order valence-corrected chi connectivity index (χ1v) is 9.42. The van der Waals surface area contributed by atoms with E-state index in [9.17, 15) is 14.4 Å². The van der Waals surface area contributed by atoms with E-state index < -0.39 is 24.3 Å². The number of aryl methyl sites for hydroxylation is 4. The number of aromatic nitrogens is 1. The normalized spacial score (nSPS) is 12.7. The van der Waals surface area contributed by atoms with Crippen LogP contribution in [0.25, 0.3) is 0 Å². The number of fused-ring (bicyclic) bond motifs is 1. The molecule has 2 aromatic heterocycles. The molecule has 1 aliphatic rings. The summed E-state index contributed by atoms with van der Waals surface area (Å²) >= 11 is 1.43. The largest absolute Gasteiger partial charge is 0.462 e. The van der Waals surface area contributed by atoms with Crippen molar-refractivity contribution in [3.8, 4) is 0 Å². The highest BCUT2D eigenvalue weighted by Gasteiger charge is 2.26. The number of aromatic amines is 1. The zero-order valence-corrected chi connectivity index (χ0v) is 15.9. The second-order valence-corrected chi connectivity index (χ2v) is 7.39. The highest BCUT2D eigenvalue weighted by Crippen LogP contribution is 2.31. The van der Waals surface area contributed by atoms with Crippen molar-refractivity contribution < 1.29 is 23.9 Å². The minimum atomic E-state index is -0.557. The van der Waals surface area contributed by atoms with Gasteiger partial charge in [-0.2, -0.15) is 0 Å². The number of esters is 2. The van der Waals surface area contributed by atoms with E-state index in [2.05, 4.69) is 4.98 Å². The lowest BCUT2D eigenvalue weighted by Crippen LogP contribution is -2.17. The Balaban J connectivity index is 1.72. The predicted molar refractivity (Wildman–Crippen MR) is 97.2 cm³/mol. The number of hydrogen-bond acceptors (Lipinski definition) is 6. The Labute approximate surface area is 155 Å². The van der Waals surface area contributed by atoms with Crippen molar-refractivity contribution >= 4 is 29.1 Å². The number of ether oxygens (including phenoxy) is 2. The summed E-state index contributed by atoms with van der Waals surface area (Å²) in [5.41, 5.74) is 2.75. The van der Waals surface area contributed by atoms with E-state index in [1.165, 1.54) is 21.8 Å². The van der Waals surface area contributed by atoms with Gasteiger partial charge in [-0.25, -0.2) is 9.59 Å². The van der Waals surface area contributed by atoms with Crippen molar-refractivity contribution in [1.29, 1.82) is 0 Å². The molecule has 0 saturated carbocycles. The first-order chi connectivity index (χ1) is 12.4. The summed E-state index contributed by atoms with van der Waals surface area (Å²) in [4.78, 5) is 41.7. The maximum atomic E-state index is 12.6. The van der Waals surface area contributed by atoms with E-state index in [0.717, 1.165) is 19.3 Å². The highest BCUT2D eigenvalue weighted by molar-refractivity contribution is 7.14. The molecule has 0 aliphatic heterocycles. The van der Waals surface area contributed by atoms with Crippen molar-refractivity contribution in [2.24, 2.45) is 0 Å². The van der Waals surface area contributed by atoms with Gasteiger partial charge in [0.1, 0.15) is 4.88 Å². The van der Waals surface area contributed by atoms with E-state index in [1.807, 2.05) is 6.07 Å². The average Bonchev–Trinajstić information content (AvgIpc) is 3.25. The first kappa shape index (κ1) is 18.4. The molecule has 0 aromatic carbocycles. The summed E-state index contributed by atoms with van der Waals surface area (Å²) in [5.74, 6) is -1.48.